The first-order valence-corrected chi connectivity index (χ1v) is 12.7. The number of rotatable bonds is 9. The van der Waals surface area contributed by atoms with Gasteiger partial charge < -0.3 is 14.9 Å². The number of benzene rings is 3. The topological polar surface area (TPSA) is 75.4 Å². The monoisotopic (exact) mass is 478 g/mol. The summed E-state index contributed by atoms with van der Waals surface area (Å²) in [5, 5.41) is 17.3. The van der Waals surface area contributed by atoms with Crippen LogP contribution in [0.5, 0.6) is 0 Å². The van der Waals surface area contributed by atoms with Gasteiger partial charge in [0.2, 0.25) is 0 Å². The fourth-order valence-corrected chi connectivity index (χ4v) is 5.38. The maximum Gasteiger partial charge on any atom is 0.314 e. The van der Waals surface area contributed by atoms with Gasteiger partial charge in [-0.3, -0.25) is 4.79 Å². The zero-order valence-corrected chi connectivity index (χ0v) is 20.4. The molecular formula is C31H30N2O3. The van der Waals surface area contributed by atoms with Crippen molar-refractivity contribution < 1.29 is 14.4 Å². The molecule has 1 aromatic heterocycles. The second kappa shape index (κ2) is 8.98. The molecule has 2 aliphatic carbocycles. The molecule has 182 valence electrons. The Hall–Kier alpha value is -3.86. The van der Waals surface area contributed by atoms with Crippen LogP contribution in [0.1, 0.15) is 48.4 Å². The van der Waals surface area contributed by atoms with E-state index in [0.29, 0.717) is 5.92 Å². The molecule has 2 aliphatic rings. The van der Waals surface area contributed by atoms with E-state index >= 15 is 0 Å². The summed E-state index contributed by atoms with van der Waals surface area (Å²) in [6.07, 6.45) is 3.83. The van der Waals surface area contributed by atoms with Gasteiger partial charge in [-0.2, -0.15) is 0 Å². The number of carboxylic acids is 1. The molecule has 1 heterocycles. The van der Waals surface area contributed by atoms with E-state index in [2.05, 4.69) is 65.1 Å². The van der Waals surface area contributed by atoms with E-state index in [1.54, 1.807) is 0 Å². The van der Waals surface area contributed by atoms with E-state index < -0.39 is 11.4 Å². The van der Waals surface area contributed by atoms with Gasteiger partial charge in [-0.25, -0.2) is 0 Å². The predicted octanol–water partition coefficient (Wildman–Crippen LogP) is 7.04. The molecule has 5 nitrogen and oxygen atoms in total. The Balaban J connectivity index is 1.11. The summed E-state index contributed by atoms with van der Waals surface area (Å²) in [6.45, 7) is 2.87. The van der Waals surface area contributed by atoms with Crippen LogP contribution < -0.4 is 5.32 Å². The number of aryl methyl sites for hydroxylation is 1. The number of nitrogens with zero attached hydrogens (tertiary/aromatic N) is 1. The molecular weight excluding hydrogens is 448 g/mol. The molecule has 4 aromatic rings. The maximum atomic E-state index is 11.6. The lowest BCUT2D eigenvalue weighted by molar-refractivity contribution is -0.140. The van der Waals surface area contributed by atoms with Crippen molar-refractivity contribution in [2.45, 2.75) is 43.9 Å². The zero-order valence-electron chi connectivity index (χ0n) is 20.4. The Labute approximate surface area is 211 Å². The summed E-state index contributed by atoms with van der Waals surface area (Å²) in [4.78, 5) is 11.6. The molecule has 0 unspecified atom stereocenters. The van der Waals surface area contributed by atoms with E-state index in [9.17, 15) is 9.90 Å². The molecule has 2 fully saturated rings. The lowest BCUT2D eigenvalue weighted by Crippen LogP contribution is -2.19. The summed E-state index contributed by atoms with van der Waals surface area (Å²) in [6, 6.07) is 27.0. The highest BCUT2D eigenvalue weighted by atomic mass is 16.5. The summed E-state index contributed by atoms with van der Waals surface area (Å²) in [5.74, 6) is 1.47. The SMILES string of the molecule is Cc1noc(-c2ccc(-c3ccc(C4(C(=O)O)CC4)cc3)cc2)c1NCC[C@@H]1C[C@H]1c1ccccc1. The quantitative estimate of drug-likeness (QED) is 0.270. The number of carboxylic acid groups (broad SMARTS) is 1. The van der Waals surface area contributed by atoms with Crippen molar-refractivity contribution in [2.75, 3.05) is 11.9 Å². The first-order chi connectivity index (χ1) is 17.5. The van der Waals surface area contributed by atoms with E-state index in [0.717, 1.165) is 71.1 Å². The first kappa shape index (κ1) is 22.6. The minimum atomic E-state index is -0.723. The van der Waals surface area contributed by atoms with Gasteiger partial charge in [0.15, 0.2) is 5.76 Å². The molecule has 0 bridgehead atoms. The highest BCUT2D eigenvalue weighted by Gasteiger charge is 2.51. The van der Waals surface area contributed by atoms with Crippen LogP contribution in [-0.4, -0.2) is 22.8 Å². The Morgan fingerprint density at radius 1 is 0.972 bits per heavy atom. The van der Waals surface area contributed by atoms with E-state index in [-0.39, 0.29) is 0 Å². The van der Waals surface area contributed by atoms with Crippen LogP contribution >= 0.6 is 0 Å². The molecule has 36 heavy (non-hydrogen) atoms. The fourth-order valence-electron chi connectivity index (χ4n) is 5.38. The zero-order chi connectivity index (χ0) is 24.7. The van der Waals surface area contributed by atoms with Gasteiger partial charge in [0, 0.05) is 12.1 Å². The van der Waals surface area contributed by atoms with Gasteiger partial charge in [-0.1, -0.05) is 84.0 Å². The molecule has 0 aliphatic heterocycles. The summed E-state index contributed by atoms with van der Waals surface area (Å²) in [5.41, 5.74) is 6.64. The lowest BCUT2D eigenvalue weighted by atomic mass is 9.93. The number of carbonyl (C=O) groups is 1. The van der Waals surface area contributed by atoms with Crippen LogP contribution in [-0.2, 0) is 10.2 Å². The lowest BCUT2D eigenvalue weighted by Gasteiger charge is -2.11. The number of aliphatic carboxylic acids is 1. The molecule has 2 saturated carbocycles. The third-order valence-corrected chi connectivity index (χ3v) is 7.91. The molecule has 0 saturated heterocycles. The van der Waals surface area contributed by atoms with Gasteiger partial charge in [0.25, 0.3) is 0 Å². The summed E-state index contributed by atoms with van der Waals surface area (Å²) < 4.78 is 5.71. The Kier molecular flexibility index (Phi) is 5.63. The normalized spacial score (nSPS) is 19.6. The van der Waals surface area contributed by atoms with E-state index in [1.165, 1.54) is 12.0 Å². The van der Waals surface area contributed by atoms with Crippen molar-refractivity contribution in [3.8, 4) is 22.5 Å². The average molecular weight is 479 g/mol. The van der Waals surface area contributed by atoms with Gasteiger partial charge in [0.1, 0.15) is 11.4 Å². The van der Waals surface area contributed by atoms with Crippen molar-refractivity contribution in [1.82, 2.24) is 5.16 Å². The minimum absolute atomic E-state index is 0.669. The maximum absolute atomic E-state index is 11.6. The molecule has 2 N–H and O–H groups in total. The van der Waals surface area contributed by atoms with E-state index in [4.69, 9.17) is 4.52 Å². The predicted molar refractivity (Wildman–Crippen MR) is 141 cm³/mol. The molecule has 6 rings (SSSR count). The smallest absolute Gasteiger partial charge is 0.314 e. The third kappa shape index (κ3) is 4.19. The van der Waals surface area contributed by atoms with Crippen molar-refractivity contribution in [2.24, 2.45) is 5.92 Å². The van der Waals surface area contributed by atoms with Gasteiger partial charge >= 0.3 is 5.97 Å². The second-order valence-corrected chi connectivity index (χ2v) is 10.2. The van der Waals surface area contributed by atoms with Crippen LogP contribution in [0.4, 0.5) is 5.69 Å². The van der Waals surface area contributed by atoms with Gasteiger partial charge in [0.05, 0.1) is 5.41 Å². The van der Waals surface area contributed by atoms with Gasteiger partial charge in [-0.15, -0.1) is 0 Å². The van der Waals surface area contributed by atoms with Crippen LogP contribution in [0.25, 0.3) is 22.5 Å². The number of anilines is 1. The first-order valence-electron chi connectivity index (χ1n) is 12.7. The van der Waals surface area contributed by atoms with Crippen LogP contribution in [0.15, 0.2) is 83.4 Å². The van der Waals surface area contributed by atoms with E-state index in [1.807, 2.05) is 31.2 Å². The van der Waals surface area contributed by atoms with Crippen LogP contribution in [0, 0.1) is 12.8 Å². The highest BCUT2D eigenvalue weighted by molar-refractivity contribution is 5.85. The van der Waals surface area contributed by atoms with Crippen LogP contribution in [0.3, 0.4) is 0 Å². The molecule has 5 heteroatoms. The number of nitrogens with one attached hydrogen (secondary N) is 1. The Morgan fingerprint density at radius 2 is 1.61 bits per heavy atom. The fraction of sp³-hybridized carbons (Fsp3) is 0.290. The summed E-state index contributed by atoms with van der Waals surface area (Å²) in [7, 11) is 0. The molecule has 3 aromatic carbocycles. The highest BCUT2D eigenvalue weighted by Crippen LogP contribution is 2.50. The second-order valence-electron chi connectivity index (χ2n) is 10.2. The summed E-state index contributed by atoms with van der Waals surface area (Å²) >= 11 is 0. The number of aromatic nitrogens is 1. The average Bonchev–Trinajstić information content (AvgIpc) is 3.83. The number of hydrogen-bond acceptors (Lipinski definition) is 4. The van der Waals surface area contributed by atoms with Crippen molar-refractivity contribution in [3.63, 3.8) is 0 Å². The Morgan fingerprint density at radius 3 is 2.25 bits per heavy atom. The molecule has 0 radical (unpaired) electrons. The minimum Gasteiger partial charge on any atom is -0.481 e. The largest absolute Gasteiger partial charge is 0.481 e. The van der Waals surface area contributed by atoms with Crippen molar-refractivity contribution >= 4 is 11.7 Å². The third-order valence-electron chi connectivity index (χ3n) is 7.91. The molecule has 2 atom stereocenters. The van der Waals surface area contributed by atoms with Crippen molar-refractivity contribution in [1.29, 1.82) is 0 Å². The Bertz CT molecular complexity index is 1370. The van der Waals surface area contributed by atoms with Crippen LogP contribution in [0.2, 0.25) is 0 Å². The molecule has 0 spiro atoms. The molecule has 0 amide bonds. The van der Waals surface area contributed by atoms with Crippen molar-refractivity contribution in [3.05, 3.63) is 95.7 Å². The standard InChI is InChI=1S/C31H30N2O3/c1-20-28(32-18-15-25-19-27(25)23-5-3-2-4-6-23)29(36-33-20)24-9-7-21(8-10-24)22-11-13-26(14-12-22)31(16-17-31)30(34)35/h2-14,25,27,32H,15-19H2,1H3,(H,34,35)/t25-,27+/m1/s1. The number of hydrogen-bond donors (Lipinski definition) is 2. The van der Waals surface area contributed by atoms with Gasteiger partial charge in [-0.05, 0) is 66.7 Å².